The third-order valence-corrected chi connectivity index (χ3v) is 14.0. The molecule has 0 bridgehead atoms. The van der Waals surface area contributed by atoms with Gasteiger partial charge in [0.25, 0.3) is 0 Å². The molecule has 1 saturated heterocycles. The maximum Gasteiger partial charge on any atom is 0.338 e. The minimum absolute atomic E-state index is 0.00921. The van der Waals surface area contributed by atoms with Gasteiger partial charge in [0.15, 0.2) is 23.9 Å². The molecular weight excluding hydrogens is 668 g/mol. The lowest BCUT2D eigenvalue weighted by atomic mass is 9.46. The van der Waals surface area contributed by atoms with Gasteiger partial charge < -0.3 is 44.1 Å². The van der Waals surface area contributed by atoms with E-state index in [1.54, 1.807) is 6.07 Å². The van der Waals surface area contributed by atoms with Gasteiger partial charge in [-0.2, -0.15) is 0 Å². The Hall–Kier alpha value is -2.54. The highest BCUT2D eigenvalue weighted by Gasteiger charge is 2.70. The summed E-state index contributed by atoms with van der Waals surface area (Å²) in [5.41, 5.74) is -0.831. The van der Waals surface area contributed by atoms with E-state index in [2.05, 4.69) is 33.8 Å². The molecule has 4 fully saturated rings. The van der Waals surface area contributed by atoms with Crippen molar-refractivity contribution in [1.29, 1.82) is 0 Å². The monoisotopic (exact) mass is 728 g/mol. The van der Waals surface area contributed by atoms with Gasteiger partial charge >= 0.3 is 5.97 Å². The molecular formula is C41H60O11. The lowest BCUT2D eigenvalue weighted by Gasteiger charge is -2.59. The van der Waals surface area contributed by atoms with E-state index in [9.17, 15) is 30.0 Å². The van der Waals surface area contributed by atoms with E-state index in [4.69, 9.17) is 23.7 Å². The molecule has 0 radical (unpaired) electrons. The quantitative estimate of drug-likeness (QED) is 0.179. The highest BCUT2D eigenvalue weighted by Crippen LogP contribution is 2.69. The Bertz CT molecular complexity index is 1510. The van der Waals surface area contributed by atoms with Crippen LogP contribution >= 0.6 is 0 Å². The SMILES string of the molecule is COc1ccc(C(=O)O[C@H]2[C@H](O[C@H]3C[C@H]4[C@@H]5CC=C6C[C@@H](O)CC[C@]6(C)[C@H]5CC[C@]4(C)[C@@]3(O)[C@H](C)C(=O)CCC(C)C)OC[C@H](O)[C@@H]2O)cc1OC. The Balaban J connectivity index is 1.33. The molecule has 11 heteroatoms. The number of allylic oxidation sites excluding steroid dienone is 1. The van der Waals surface area contributed by atoms with Crippen LogP contribution < -0.4 is 9.47 Å². The van der Waals surface area contributed by atoms with Gasteiger partial charge in [-0.05, 0) is 98.7 Å². The second-order valence-corrected chi connectivity index (χ2v) is 17.1. The van der Waals surface area contributed by atoms with Crippen molar-refractivity contribution in [3.05, 3.63) is 35.4 Å². The first-order valence-electron chi connectivity index (χ1n) is 19.3. The van der Waals surface area contributed by atoms with Crippen molar-refractivity contribution in [2.24, 2.45) is 40.4 Å². The van der Waals surface area contributed by atoms with Crippen molar-refractivity contribution in [3.8, 4) is 11.5 Å². The van der Waals surface area contributed by atoms with Crippen LogP contribution in [-0.2, 0) is 19.0 Å². The molecule has 0 amide bonds. The third-order valence-electron chi connectivity index (χ3n) is 14.0. The van der Waals surface area contributed by atoms with E-state index in [0.29, 0.717) is 55.4 Å². The summed E-state index contributed by atoms with van der Waals surface area (Å²) in [4.78, 5) is 27.5. The molecule has 1 aromatic rings. The number of esters is 1. The van der Waals surface area contributed by atoms with E-state index in [1.807, 2.05) is 6.92 Å². The summed E-state index contributed by atoms with van der Waals surface area (Å²) in [6.07, 6.45) is 1.79. The van der Waals surface area contributed by atoms with E-state index in [0.717, 1.165) is 25.7 Å². The summed E-state index contributed by atoms with van der Waals surface area (Å²) >= 11 is 0. The summed E-state index contributed by atoms with van der Waals surface area (Å²) in [5, 5.41) is 45.6. The molecule has 1 aromatic carbocycles. The van der Waals surface area contributed by atoms with Gasteiger partial charge in [0.2, 0.25) is 0 Å². The van der Waals surface area contributed by atoms with Crippen LogP contribution in [0, 0.1) is 40.4 Å². The molecule has 1 heterocycles. The van der Waals surface area contributed by atoms with Crippen molar-refractivity contribution < 1.29 is 53.7 Å². The van der Waals surface area contributed by atoms with Crippen LogP contribution in [0.15, 0.2) is 29.8 Å². The van der Waals surface area contributed by atoms with Crippen LogP contribution in [0.25, 0.3) is 0 Å². The van der Waals surface area contributed by atoms with E-state index in [1.165, 1.54) is 31.9 Å². The number of ketones is 1. The maximum atomic E-state index is 14.0. The van der Waals surface area contributed by atoms with Crippen LogP contribution in [0.2, 0.25) is 0 Å². The number of carbonyl (C=O) groups excluding carboxylic acids is 2. The molecule has 3 saturated carbocycles. The zero-order chi connectivity index (χ0) is 37.7. The molecule has 0 aromatic heterocycles. The van der Waals surface area contributed by atoms with Crippen molar-refractivity contribution in [2.75, 3.05) is 20.8 Å². The number of aliphatic hydroxyl groups is 4. The molecule has 5 aliphatic rings. The standard InChI is InChI=1S/C41H60O11/c1-22(2)8-12-30(43)23(3)41(47)34(20-29-27-11-10-25-19-26(42)14-16-39(25,4)28(27)15-17-40(29,41)5)51-38-36(35(45)31(44)21-50-38)52-37(46)24-9-13-32(48-6)33(18-24)49-7/h9-10,13,18,22-23,26-29,31,34-36,38,42,44-45,47H,8,11-12,14-17,19-21H2,1-7H3/t23-,26+,27-,28+,29+,31+,34+,35+,36-,38+,39+,40+,41-/m1/s1. The molecule has 4 N–H and O–H groups in total. The number of aliphatic hydroxyl groups excluding tert-OH is 3. The second-order valence-electron chi connectivity index (χ2n) is 17.1. The predicted molar refractivity (Wildman–Crippen MR) is 192 cm³/mol. The minimum atomic E-state index is -1.59. The highest BCUT2D eigenvalue weighted by atomic mass is 16.7. The molecule has 11 nitrogen and oxygen atoms in total. The van der Waals surface area contributed by atoms with Crippen molar-refractivity contribution >= 4 is 11.8 Å². The van der Waals surface area contributed by atoms with Gasteiger partial charge in [-0.3, -0.25) is 4.79 Å². The molecule has 4 aliphatic carbocycles. The van der Waals surface area contributed by atoms with Crippen LogP contribution in [0.5, 0.6) is 11.5 Å². The lowest BCUT2D eigenvalue weighted by molar-refractivity contribution is -0.303. The number of fused-ring (bicyclic) bond motifs is 5. The predicted octanol–water partition coefficient (Wildman–Crippen LogP) is 5.00. The zero-order valence-corrected chi connectivity index (χ0v) is 31.9. The van der Waals surface area contributed by atoms with Crippen LogP contribution in [-0.4, -0.2) is 95.4 Å². The average Bonchev–Trinajstić information content (AvgIpc) is 3.35. The van der Waals surface area contributed by atoms with Crippen molar-refractivity contribution in [2.45, 2.75) is 135 Å². The smallest absolute Gasteiger partial charge is 0.338 e. The van der Waals surface area contributed by atoms with E-state index >= 15 is 0 Å². The third kappa shape index (κ3) is 6.61. The summed E-state index contributed by atoms with van der Waals surface area (Å²) in [5.74, 6) is 0.0900. The van der Waals surface area contributed by atoms with Gasteiger partial charge in [0, 0.05) is 17.8 Å². The fourth-order valence-corrected chi connectivity index (χ4v) is 10.8. The first kappa shape index (κ1) is 39.2. The van der Waals surface area contributed by atoms with Crippen LogP contribution in [0.4, 0.5) is 0 Å². The minimum Gasteiger partial charge on any atom is -0.493 e. The lowest BCUT2D eigenvalue weighted by Crippen LogP contribution is -2.63. The van der Waals surface area contributed by atoms with Crippen molar-refractivity contribution in [3.63, 3.8) is 0 Å². The first-order chi connectivity index (χ1) is 24.6. The Morgan fingerprint density at radius 2 is 1.73 bits per heavy atom. The maximum absolute atomic E-state index is 14.0. The Labute approximate surface area is 308 Å². The first-order valence-corrected chi connectivity index (χ1v) is 19.3. The fraction of sp³-hybridized carbons (Fsp3) is 0.756. The van der Waals surface area contributed by atoms with Gasteiger partial charge in [-0.15, -0.1) is 0 Å². The van der Waals surface area contributed by atoms with Crippen molar-refractivity contribution in [1.82, 2.24) is 0 Å². The zero-order valence-electron chi connectivity index (χ0n) is 31.9. The number of hydrogen-bond acceptors (Lipinski definition) is 11. The van der Waals surface area contributed by atoms with Gasteiger partial charge in [-0.1, -0.05) is 46.3 Å². The Morgan fingerprint density at radius 3 is 2.42 bits per heavy atom. The topological polar surface area (TPSA) is 161 Å². The van der Waals surface area contributed by atoms with Crippen LogP contribution in [0.1, 0.15) is 103 Å². The Morgan fingerprint density at radius 1 is 1.00 bits per heavy atom. The number of rotatable bonds is 11. The number of benzene rings is 1. The number of ether oxygens (including phenoxy) is 5. The summed E-state index contributed by atoms with van der Waals surface area (Å²) in [6.45, 7) is 10.2. The Kier molecular flexibility index (Phi) is 11.3. The van der Waals surface area contributed by atoms with E-state index < -0.39 is 53.6 Å². The normalized spacial score (nSPS) is 40.5. The average molecular weight is 729 g/mol. The number of methoxy groups -OCH3 is 2. The molecule has 0 spiro atoms. The molecule has 13 atom stereocenters. The number of hydrogen-bond donors (Lipinski definition) is 4. The number of carbonyl (C=O) groups is 2. The molecule has 290 valence electrons. The fourth-order valence-electron chi connectivity index (χ4n) is 10.8. The molecule has 6 rings (SSSR count). The number of Topliss-reactive ketones (excluding diaryl/α,β-unsaturated/α-hetero) is 1. The summed E-state index contributed by atoms with van der Waals surface area (Å²) in [6, 6.07) is 4.53. The van der Waals surface area contributed by atoms with E-state index in [-0.39, 0.29) is 41.3 Å². The van der Waals surface area contributed by atoms with Gasteiger partial charge in [-0.25, -0.2) is 4.79 Å². The second kappa shape index (κ2) is 14.9. The van der Waals surface area contributed by atoms with Crippen LogP contribution in [0.3, 0.4) is 0 Å². The van der Waals surface area contributed by atoms with Gasteiger partial charge in [0.1, 0.15) is 23.6 Å². The molecule has 1 aliphatic heterocycles. The summed E-state index contributed by atoms with van der Waals surface area (Å²) < 4.78 is 29.2. The molecule has 0 unspecified atom stereocenters. The highest BCUT2D eigenvalue weighted by molar-refractivity contribution is 5.90. The largest absolute Gasteiger partial charge is 0.493 e. The summed E-state index contributed by atoms with van der Waals surface area (Å²) in [7, 11) is 2.93. The van der Waals surface area contributed by atoms with Gasteiger partial charge in [0.05, 0.1) is 38.6 Å². The molecule has 52 heavy (non-hydrogen) atoms.